The molecule has 2 rings (SSSR count). The normalized spacial score (nSPS) is 13.1. The molecule has 0 saturated carbocycles. The molecule has 0 amide bonds. The van der Waals surface area contributed by atoms with Gasteiger partial charge in [-0.25, -0.2) is 9.78 Å². The third-order valence-corrected chi connectivity index (χ3v) is 4.00. The number of hydrogen-bond donors (Lipinski definition) is 1. The first-order valence-electron chi connectivity index (χ1n) is 7.16. The topological polar surface area (TPSA) is 55.1 Å². The number of imidazole rings is 1. The highest BCUT2D eigenvalue weighted by atomic mass is 16.4. The molecule has 0 radical (unpaired) electrons. The van der Waals surface area contributed by atoms with E-state index >= 15 is 0 Å². The van der Waals surface area contributed by atoms with E-state index in [1.54, 1.807) is 12.1 Å². The predicted molar refractivity (Wildman–Crippen MR) is 80.1 cm³/mol. The molecule has 1 unspecified atom stereocenters. The van der Waals surface area contributed by atoms with Gasteiger partial charge in [0.1, 0.15) is 5.82 Å². The summed E-state index contributed by atoms with van der Waals surface area (Å²) in [5.74, 6) is 1.28. The van der Waals surface area contributed by atoms with Crippen LogP contribution in [0.15, 0.2) is 18.2 Å². The van der Waals surface area contributed by atoms with Gasteiger partial charge in [0.2, 0.25) is 0 Å². The molecule has 1 aromatic carbocycles. The molecule has 2 aromatic rings. The number of hydrogen-bond acceptors (Lipinski definition) is 2. The zero-order chi connectivity index (χ0) is 14.9. The number of carboxylic acids is 1. The molecule has 1 heterocycles. The van der Waals surface area contributed by atoms with Crippen molar-refractivity contribution in [1.82, 2.24) is 9.55 Å². The Bertz CT molecular complexity index is 629. The number of carbonyl (C=O) groups is 1. The molecular weight excluding hydrogens is 252 g/mol. The molecule has 4 heteroatoms. The number of benzene rings is 1. The number of fused-ring (bicyclic) bond motifs is 1. The zero-order valence-electron chi connectivity index (χ0n) is 12.6. The summed E-state index contributed by atoms with van der Waals surface area (Å²) in [6.07, 6.45) is 0.849. The molecule has 108 valence electrons. The maximum Gasteiger partial charge on any atom is 0.335 e. The number of aromatic carboxylic acids is 1. The summed E-state index contributed by atoms with van der Waals surface area (Å²) >= 11 is 0. The van der Waals surface area contributed by atoms with Crippen molar-refractivity contribution in [2.75, 3.05) is 0 Å². The van der Waals surface area contributed by atoms with Gasteiger partial charge in [-0.15, -0.1) is 0 Å². The number of rotatable bonds is 5. The van der Waals surface area contributed by atoms with Crippen molar-refractivity contribution in [1.29, 1.82) is 0 Å². The lowest BCUT2D eigenvalue weighted by atomic mass is 9.98. The molecule has 0 aliphatic carbocycles. The van der Waals surface area contributed by atoms with Crippen LogP contribution in [0.1, 0.15) is 43.9 Å². The Morgan fingerprint density at radius 2 is 2.05 bits per heavy atom. The molecule has 0 saturated heterocycles. The number of nitrogens with zero attached hydrogens (tertiary/aromatic N) is 2. The van der Waals surface area contributed by atoms with Gasteiger partial charge in [0.05, 0.1) is 16.6 Å². The van der Waals surface area contributed by atoms with Crippen molar-refractivity contribution in [3.8, 4) is 0 Å². The molecule has 0 aliphatic rings. The van der Waals surface area contributed by atoms with Crippen molar-refractivity contribution in [2.45, 2.75) is 40.7 Å². The molecule has 0 fully saturated rings. The quantitative estimate of drug-likeness (QED) is 0.906. The van der Waals surface area contributed by atoms with Crippen molar-refractivity contribution in [3.05, 3.63) is 29.6 Å². The molecule has 0 spiro atoms. The van der Waals surface area contributed by atoms with Crippen LogP contribution in [0, 0.1) is 11.8 Å². The van der Waals surface area contributed by atoms with E-state index in [9.17, 15) is 4.79 Å². The monoisotopic (exact) mass is 274 g/mol. The fourth-order valence-corrected chi connectivity index (χ4v) is 2.29. The largest absolute Gasteiger partial charge is 0.478 e. The van der Waals surface area contributed by atoms with Crippen molar-refractivity contribution in [2.24, 2.45) is 11.8 Å². The van der Waals surface area contributed by atoms with Crippen LogP contribution in [0.4, 0.5) is 0 Å². The van der Waals surface area contributed by atoms with E-state index in [2.05, 4.69) is 37.2 Å². The van der Waals surface area contributed by atoms with Crippen molar-refractivity contribution < 1.29 is 9.90 Å². The molecule has 4 nitrogen and oxygen atoms in total. The van der Waals surface area contributed by atoms with Gasteiger partial charge < -0.3 is 9.67 Å². The lowest BCUT2D eigenvalue weighted by Gasteiger charge is -2.18. The van der Waals surface area contributed by atoms with E-state index in [-0.39, 0.29) is 0 Å². The van der Waals surface area contributed by atoms with Crippen LogP contribution in [0.5, 0.6) is 0 Å². The van der Waals surface area contributed by atoms with E-state index in [1.165, 1.54) is 0 Å². The Morgan fingerprint density at radius 3 is 2.60 bits per heavy atom. The summed E-state index contributed by atoms with van der Waals surface area (Å²) in [4.78, 5) is 15.6. The first-order chi connectivity index (χ1) is 9.43. The van der Waals surface area contributed by atoms with Crippen LogP contribution in [-0.4, -0.2) is 20.6 Å². The number of carboxylic acid groups (broad SMARTS) is 1. The number of aromatic nitrogens is 2. The third-order valence-electron chi connectivity index (χ3n) is 4.00. The van der Waals surface area contributed by atoms with Crippen molar-refractivity contribution >= 4 is 17.0 Å². The minimum Gasteiger partial charge on any atom is -0.478 e. The highest BCUT2D eigenvalue weighted by molar-refractivity contribution is 5.92. The van der Waals surface area contributed by atoms with Gasteiger partial charge in [-0.3, -0.25) is 0 Å². The second-order valence-electron chi connectivity index (χ2n) is 5.72. The van der Waals surface area contributed by atoms with Gasteiger partial charge in [-0.2, -0.15) is 0 Å². The Labute approximate surface area is 119 Å². The fraction of sp³-hybridized carbons (Fsp3) is 0.500. The summed E-state index contributed by atoms with van der Waals surface area (Å²) in [5.41, 5.74) is 2.10. The maximum absolute atomic E-state index is 11.0. The van der Waals surface area contributed by atoms with E-state index in [0.29, 0.717) is 17.4 Å². The number of aryl methyl sites for hydroxylation is 1. The second kappa shape index (κ2) is 5.65. The van der Waals surface area contributed by atoms with Gasteiger partial charge in [-0.1, -0.05) is 27.7 Å². The van der Waals surface area contributed by atoms with Crippen LogP contribution in [0.2, 0.25) is 0 Å². The van der Waals surface area contributed by atoms with Crippen molar-refractivity contribution in [3.63, 3.8) is 0 Å². The minimum absolute atomic E-state index is 0.293. The smallest absolute Gasteiger partial charge is 0.335 e. The predicted octanol–water partition coefficient (Wildman–Crippen LogP) is 3.59. The summed E-state index contributed by atoms with van der Waals surface area (Å²) in [6, 6.07) is 5.19. The summed E-state index contributed by atoms with van der Waals surface area (Å²) in [6.45, 7) is 9.68. The van der Waals surface area contributed by atoms with E-state index in [1.807, 2.05) is 6.07 Å². The third kappa shape index (κ3) is 2.69. The van der Waals surface area contributed by atoms with E-state index in [4.69, 9.17) is 5.11 Å². The molecular formula is C16H22N2O2. The van der Waals surface area contributed by atoms with E-state index < -0.39 is 5.97 Å². The van der Waals surface area contributed by atoms with Gasteiger partial charge in [0.15, 0.2) is 0 Å². The van der Waals surface area contributed by atoms with Crippen LogP contribution >= 0.6 is 0 Å². The summed E-state index contributed by atoms with van der Waals surface area (Å²) in [5, 5.41) is 9.06. The van der Waals surface area contributed by atoms with Crippen LogP contribution in [-0.2, 0) is 13.0 Å². The Morgan fingerprint density at radius 1 is 1.35 bits per heavy atom. The molecule has 1 atom stereocenters. The van der Waals surface area contributed by atoms with Gasteiger partial charge >= 0.3 is 5.97 Å². The van der Waals surface area contributed by atoms with Crippen LogP contribution in [0.25, 0.3) is 11.0 Å². The van der Waals surface area contributed by atoms with E-state index in [0.717, 1.165) is 29.8 Å². The summed E-state index contributed by atoms with van der Waals surface area (Å²) < 4.78 is 2.23. The van der Waals surface area contributed by atoms with Gasteiger partial charge in [0, 0.05) is 13.0 Å². The fourth-order valence-electron chi connectivity index (χ4n) is 2.29. The molecule has 20 heavy (non-hydrogen) atoms. The molecule has 0 aliphatic heterocycles. The maximum atomic E-state index is 11.0. The van der Waals surface area contributed by atoms with Crippen LogP contribution in [0.3, 0.4) is 0 Å². The first kappa shape index (κ1) is 14.6. The standard InChI is InChI=1S/C16H22N2O2/c1-5-15-17-13-8-12(16(19)20)6-7-14(13)18(15)9-11(4)10(2)3/h6-8,10-11H,5,9H2,1-4H3,(H,19,20). The Hall–Kier alpha value is -1.84. The molecule has 1 N–H and O–H groups in total. The second-order valence-corrected chi connectivity index (χ2v) is 5.72. The van der Waals surface area contributed by atoms with Gasteiger partial charge in [0.25, 0.3) is 0 Å². The van der Waals surface area contributed by atoms with Crippen LogP contribution < -0.4 is 0 Å². The van der Waals surface area contributed by atoms with Gasteiger partial charge in [-0.05, 0) is 30.0 Å². The Kier molecular flexibility index (Phi) is 4.12. The average molecular weight is 274 g/mol. The first-order valence-corrected chi connectivity index (χ1v) is 7.16. The zero-order valence-corrected chi connectivity index (χ0v) is 12.6. The SMILES string of the molecule is CCc1nc2cc(C(=O)O)ccc2n1CC(C)C(C)C. The molecule has 0 bridgehead atoms. The lowest BCUT2D eigenvalue weighted by Crippen LogP contribution is -2.15. The lowest BCUT2D eigenvalue weighted by molar-refractivity contribution is 0.0697. The summed E-state index contributed by atoms with van der Waals surface area (Å²) in [7, 11) is 0. The Balaban J connectivity index is 2.49. The minimum atomic E-state index is -0.907. The highest BCUT2D eigenvalue weighted by Gasteiger charge is 2.15. The molecule has 1 aromatic heterocycles. The highest BCUT2D eigenvalue weighted by Crippen LogP contribution is 2.22. The average Bonchev–Trinajstić information content (AvgIpc) is 2.75.